The van der Waals surface area contributed by atoms with Crippen LogP contribution < -0.4 is 14.4 Å². The molecule has 3 heterocycles. The van der Waals surface area contributed by atoms with Crippen LogP contribution >= 0.6 is 22.9 Å². The lowest BCUT2D eigenvalue weighted by Gasteiger charge is -2.23. The summed E-state index contributed by atoms with van der Waals surface area (Å²) >= 11 is 7.41. The largest absolute Gasteiger partial charge is 0.507 e. The molecule has 1 N–H and O–H groups in total. The van der Waals surface area contributed by atoms with Crippen LogP contribution in [0.5, 0.6) is 11.5 Å². The van der Waals surface area contributed by atoms with Gasteiger partial charge in [0.15, 0.2) is 5.13 Å². The number of aliphatic hydroxyl groups excluding tert-OH is 1. The number of fused-ring (bicyclic) bond motifs is 2. The van der Waals surface area contributed by atoms with Crippen molar-refractivity contribution in [2.45, 2.75) is 25.5 Å². The zero-order chi connectivity index (χ0) is 25.8. The van der Waals surface area contributed by atoms with E-state index < -0.39 is 17.7 Å². The first kappa shape index (κ1) is 23.5. The summed E-state index contributed by atoms with van der Waals surface area (Å²) in [6.07, 6.45) is 0.723. The number of hydrogen-bond acceptors (Lipinski definition) is 7. The number of halogens is 1. The predicted octanol–water partition coefficient (Wildman–Crippen LogP) is 5.91. The third-order valence-corrected chi connectivity index (χ3v) is 7.82. The van der Waals surface area contributed by atoms with Gasteiger partial charge in [-0.2, -0.15) is 0 Å². The van der Waals surface area contributed by atoms with Gasteiger partial charge in [0.2, 0.25) is 0 Å². The number of thiazole rings is 1. The van der Waals surface area contributed by atoms with Gasteiger partial charge in [-0.05, 0) is 66.6 Å². The Morgan fingerprint density at radius 1 is 1.16 bits per heavy atom. The molecule has 186 valence electrons. The number of nitrogens with zero attached hydrogens (tertiary/aromatic N) is 2. The molecule has 3 aromatic carbocycles. The standard InChI is InChI=1S/C28H21ClN2O5S/c1-14-10-17-11-16(6-9-21(17)36-14)25(32)23-24(15-4-3-5-19(12-15)35-2)31(27(34)26(23)33)28-30-20-8-7-18(29)13-22(20)37-28/h3-9,11-14,24,32H,10H2,1-2H3/b25-23-. The maximum Gasteiger partial charge on any atom is 0.301 e. The van der Waals surface area contributed by atoms with Crippen molar-refractivity contribution < 1.29 is 24.2 Å². The Bertz CT molecular complexity index is 1630. The molecule has 0 radical (unpaired) electrons. The summed E-state index contributed by atoms with van der Waals surface area (Å²) in [5, 5.41) is 12.4. The number of anilines is 1. The second kappa shape index (κ2) is 8.90. The first-order chi connectivity index (χ1) is 17.8. The van der Waals surface area contributed by atoms with Crippen molar-refractivity contribution in [3.63, 3.8) is 0 Å². The normalized spacial score (nSPS) is 20.4. The van der Waals surface area contributed by atoms with E-state index >= 15 is 0 Å². The number of ether oxygens (including phenoxy) is 2. The molecule has 4 aromatic rings. The molecule has 0 bridgehead atoms. The smallest absolute Gasteiger partial charge is 0.301 e. The van der Waals surface area contributed by atoms with Gasteiger partial charge in [-0.3, -0.25) is 14.5 Å². The summed E-state index contributed by atoms with van der Waals surface area (Å²) in [6, 6.07) is 16.7. The second-order valence-electron chi connectivity index (χ2n) is 9.01. The zero-order valence-electron chi connectivity index (χ0n) is 19.9. The fourth-order valence-electron chi connectivity index (χ4n) is 4.87. The van der Waals surface area contributed by atoms with Crippen LogP contribution in [0.15, 0.2) is 66.2 Å². The van der Waals surface area contributed by atoms with Crippen LogP contribution in [-0.4, -0.2) is 35.0 Å². The van der Waals surface area contributed by atoms with Crippen molar-refractivity contribution in [2.75, 3.05) is 12.0 Å². The van der Waals surface area contributed by atoms with Crippen LogP contribution in [0.3, 0.4) is 0 Å². The molecular weight excluding hydrogens is 512 g/mol. The monoisotopic (exact) mass is 532 g/mol. The topological polar surface area (TPSA) is 89.0 Å². The van der Waals surface area contributed by atoms with E-state index in [2.05, 4.69) is 4.98 Å². The molecule has 2 unspecified atom stereocenters. The molecule has 2 aliphatic rings. The van der Waals surface area contributed by atoms with E-state index in [1.165, 1.54) is 16.2 Å². The van der Waals surface area contributed by atoms with Crippen LogP contribution in [0, 0.1) is 0 Å². The van der Waals surface area contributed by atoms with E-state index in [4.69, 9.17) is 21.1 Å². The molecule has 0 aliphatic carbocycles. The Labute approximate surface area is 221 Å². The minimum atomic E-state index is -0.908. The molecule has 0 spiro atoms. The van der Waals surface area contributed by atoms with E-state index in [9.17, 15) is 14.7 Å². The number of benzene rings is 3. The minimum Gasteiger partial charge on any atom is -0.507 e. The van der Waals surface area contributed by atoms with E-state index in [0.29, 0.717) is 39.0 Å². The van der Waals surface area contributed by atoms with Gasteiger partial charge in [-0.1, -0.05) is 35.1 Å². The number of Topliss-reactive ketones (excluding diaryl/α,β-unsaturated/α-hetero) is 1. The Hall–Kier alpha value is -3.88. The van der Waals surface area contributed by atoms with Crippen LogP contribution in [-0.2, 0) is 16.0 Å². The molecule has 1 amide bonds. The SMILES string of the molecule is COc1cccc(C2/C(=C(/O)c3ccc4c(c3)CC(C)O4)C(=O)C(=O)N2c2nc3ccc(Cl)cc3s2)c1. The average Bonchev–Trinajstić information content (AvgIpc) is 3.55. The summed E-state index contributed by atoms with van der Waals surface area (Å²) in [4.78, 5) is 32.9. The van der Waals surface area contributed by atoms with Gasteiger partial charge in [-0.25, -0.2) is 4.98 Å². The second-order valence-corrected chi connectivity index (χ2v) is 10.5. The van der Waals surface area contributed by atoms with Crippen molar-refractivity contribution in [1.29, 1.82) is 0 Å². The average molecular weight is 533 g/mol. The number of aromatic nitrogens is 1. The molecule has 1 saturated heterocycles. The lowest BCUT2D eigenvalue weighted by molar-refractivity contribution is -0.132. The maximum atomic E-state index is 13.5. The van der Waals surface area contributed by atoms with Gasteiger partial charge in [0.25, 0.3) is 5.78 Å². The quantitative estimate of drug-likeness (QED) is 0.200. The van der Waals surface area contributed by atoms with Crippen LogP contribution in [0.25, 0.3) is 16.0 Å². The summed E-state index contributed by atoms with van der Waals surface area (Å²) in [6.45, 7) is 1.97. The predicted molar refractivity (Wildman–Crippen MR) is 143 cm³/mol. The number of carbonyl (C=O) groups is 2. The van der Waals surface area contributed by atoms with E-state index in [-0.39, 0.29) is 17.4 Å². The van der Waals surface area contributed by atoms with Gasteiger partial charge in [0.05, 0.1) is 28.9 Å². The first-order valence-electron chi connectivity index (χ1n) is 11.6. The number of aliphatic hydroxyl groups is 1. The highest BCUT2D eigenvalue weighted by atomic mass is 35.5. The molecule has 2 aliphatic heterocycles. The molecule has 1 aromatic heterocycles. The first-order valence-corrected chi connectivity index (χ1v) is 12.8. The fourth-order valence-corrected chi connectivity index (χ4v) is 6.14. The highest BCUT2D eigenvalue weighted by Gasteiger charge is 2.48. The molecule has 37 heavy (non-hydrogen) atoms. The zero-order valence-corrected chi connectivity index (χ0v) is 21.5. The van der Waals surface area contributed by atoms with Gasteiger partial charge in [-0.15, -0.1) is 0 Å². The number of ketones is 1. The number of carbonyl (C=O) groups excluding carboxylic acids is 2. The van der Waals surface area contributed by atoms with Gasteiger partial charge in [0.1, 0.15) is 23.4 Å². The lowest BCUT2D eigenvalue weighted by Crippen LogP contribution is -2.29. The van der Waals surface area contributed by atoms with Crippen LogP contribution in [0.2, 0.25) is 5.02 Å². The van der Waals surface area contributed by atoms with E-state index in [0.717, 1.165) is 16.0 Å². The Kier molecular flexibility index (Phi) is 5.66. The Morgan fingerprint density at radius 3 is 2.81 bits per heavy atom. The lowest BCUT2D eigenvalue weighted by atomic mass is 9.94. The summed E-state index contributed by atoms with van der Waals surface area (Å²) in [5.74, 6) is -0.490. The van der Waals surface area contributed by atoms with Crippen molar-refractivity contribution in [3.05, 3.63) is 87.9 Å². The molecule has 9 heteroatoms. The van der Waals surface area contributed by atoms with E-state index in [1.54, 1.807) is 61.7 Å². The van der Waals surface area contributed by atoms with Crippen LogP contribution in [0.1, 0.15) is 29.7 Å². The number of amides is 1. The van der Waals surface area contributed by atoms with Gasteiger partial charge >= 0.3 is 5.91 Å². The number of hydrogen-bond donors (Lipinski definition) is 1. The highest BCUT2D eigenvalue weighted by Crippen LogP contribution is 2.45. The van der Waals surface area contributed by atoms with Crippen molar-refractivity contribution >= 4 is 55.7 Å². The van der Waals surface area contributed by atoms with Crippen molar-refractivity contribution in [1.82, 2.24) is 4.98 Å². The summed E-state index contributed by atoms with van der Waals surface area (Å²) in [5.41, 5.74) is 2.63. The van der Waals surface area contributed by atoms with Gasteiger partial charge < -0.3 is 14.6 Å². The molecule has 7 nitrogen and oxygen atoms in total. The third kappa shape index (κ3) is 3.93. The minimum absolute atomic E-state index is 0.0116. The Balaban J connectivity index is 1.54. The van der Waals surface area contributed by atoms with Gasteiger partial charge in [0, 0.05) is 17.0 Å². The maximum absolute atomic E-state index is 13.5. The van der Waals surface area contributed by atoms with Crippen molar-refractivity contribution in [3.8, 4) is 11.5 Å². The van der Waals surface area contributed by atoms with E-state index in [1.807, 2.05) is 13.0 Å². The number of methoxy groups -OCH3 is 1. The van der Waals surface area contributed by atoms with Crippen molar-refractivity contribution in [2.24, 2.45) is 0 Å². The fraction of sp³-hybridized carbons (Fsp3) is 0.179. The molecule has 6 rings (SSSR count). The molecule has 1 fully saturated rings. The summed E-state index contributed by atoms with van der Waals surface area (Å²) < 4.78 is 12.0. The molecule has 2 atom stereocenters. The summed E-state index contributed by atoms with van der Waals surface area (Å²) in [7, 11) is 1.54. The highest BCUT2D eigenvalue weighted by molar-refractivity contribution is 7.22. The van der Waals surface area contributed by atoms with Crippen LogP contribution in [0.4, 0.5) is 5.13 Å². The third-order valence-electron chi connectivity index (χ3n) is 6.57. The molecule has 0 saturated carbocycles. The molecular formula is C28H21ClN2O5S. The Morgan fingerprint density at radius 2 is 2.00 bits per heavy atom. The number of rotatable bonds is 4.